The third kappa shape index (κ3) is 3.01. The topological polar surface area (TPSA) is 98.7 Å². The molecule has 0 saturated heterocycles. The molecule has 2 amide bonds. The van der Waals surface area contributed by atoms with E-state index >= 15 is 0 Å². The summed E-state index contributed by atoms with van der Waals surface area (Å²) >= 11 is 0. The van der Waals surface area contributed by atoms with Crippen LogP contribution in [0.5, 0.6) is 0 Å². The Balaban J connectivity index is 5.20. The van der Waals surface area contributed by atoms with Gasteiger partial charge in [0.15, 0.2) is 0 Å². The highest BCUT2D eigenvalue weighted by Gasteiger charge is 2.45. The summed E-state index contributed by atoms with van der Waals surface area (Å²) in [6, 6.07) is 0. The van der Waals surface area contributed by atoms with E-state index in [1.54, 1.807) is 0 Å². The number of amides is 2. The first-order valence-corrected chi connectivity index (χ1v) is 5.05. The second-order valence-electron chi connectivity index (χ2n) is 4.86. The van der Waals surface area contributed by atoms with Gasteiger partial charge in [-0.05, 0) is 12.8 Å². The van der Waals surface area contributed by atoms with E-state index < -0.39 is 23.3 Å². The van der Waals surface area contributed by atoms with Crippen molar-refractivity contribution in [3.63, 3.8) is 0 Å². The molecule has 0 rings (SSSR count). The maximum Gasteiger partial charge on any atom is 0.406 e. The van der Waals surface area contributed by atoms with Gasteiger partial charge in [0.2, 0.25) is 0 Å². The van der Waals surface area contributed by atoms with E-state index in [1.165, 1.54) is 6.92 Å². The molecule has 0 aliphatic rings. The number of carboxylic acid groups (broad SMARTS) is 2. The Morgan fingerprint density at radius 3 is 1.50 bits per heavy atom. The quantitative estimate of drug-likeness (QED) is 0.556. The van der Waals surface area contributed by atoms with Gasteiger partial charge in [-0.1, -0.05) is 27.7 Å². The number of rotatable bonds is 4. The van der Waals surface area contributed by atoms with Crippen molar-refractivity contribution in [2.75, 3.05) is 0 Å². The monoisotopic (exact) mass is 232 g/mol. The Hall–Kier alpha value is -1.46. The summed E-state index contributed by atoms with van der Waals surface area (Å²) in [5.41, 5.74) is -1.80. The Bertz CT molecular complexity index is 271. The van der Waals surface area contributed by atoms with E-state index in [4.69, 9.17) is 10.2 Å². The standard InChI is InChI=1S/C10H20N2O4/c1-6(2)9(3,4)10(5,11-7(13)14)12-8(15)16/h6,11-12H,1-5H3,(H,13,14)(H,15,16). The van der Waals surface area contributed by atoms with Crippen LogP contribution in [0, 0.1) is 11.3 Å². The van der Waals surface area contributed by atoms with Gasteiger partial charge in [0, 0.05) is 5.41 Å². The molecule has 0 aromatic carbocycles. The first-order chi connectivity index (χ1) is 7.03. The van der Waals surface area contributed by atoms with E-state index in [9.17, 15) is 9.59 Å². The molecule has 0 spiro atoms. The number of hydrogen-bond donors (Lipinski definition) is 4. The Morgan fingerprint density at radius 2 is 1.31 bits per heavy atom. The molecule has 0 aliphatic heterocycles. The first-order valence-electron chi connectivity index (χ1n) is 5.05. The number of carbonyl (C=O) groups is 2. The lowest BCUT2D eigenvalue weighted by atomic mass is 9.71. The van der Waals surface area contributed by atoms with Crippen LogP contribution in [0.2, 0.25) is 0 Å². The van der Waals surface area contributed by atoms with Crippen molar-refractivity contribution >= 4 is 12.2 Å². The third-order valence-corrected chi connectivity index (χ3v) is 3.45. The van der Waals surface area contributed by atoms with Gasteiger partial charge in [0.1, 0.15) is 5.66 Å². The Morgan fingerprint density at radius 1 is 1.00 bits per heavy atom. The van der Waals surface area contributed by atoms with Gasteiger partial charge in [-0.3, -0.25) is 10.6 Å². The maximum absolute atomic E-state index is 10.7. The van der Waals surface area contributed by atoms with Crippen LogP contribution < -0.4 is 10.6 Å². The molecule has 6 heteroatoms. The predicted octanol–water partition coefficient (Wildman–Crippen LogP) is 1.92. The smallest absolute Gasteiger partial charge is 0.406 e. The van der Waals surface area contributed by atoms with E-state index in [2.05, 4.69) is 10.6 Å². The van der Waals surface area contributed by atoms with Crippen LogP contribution in [0.3, 0.4) is 0 Å². The molecular weight excluding hydrogens is 212 g/mol. The summed E-state index contributed by atoms with van der Waals surface area (Å²) < 4.78 is 0. The van der Waals surface area contributed by atoms with E-state index in [0.29, 0.717) is 0 Å². The SMILES string of the molecule is CC(C)C(C)(C)C(C)(NC(=O)O)NC(=O)O. The summed E-state index contributed by atoms with van der Waals surface area (Å²) in [6.45, 7) is 8.96. The molecule has 0 fully saturated rings. The molecule has 0 aliphatic carbocycles. The highest BCUT2D eigenvalue weighted by Crippen LogP contribution is 2.36. The molecule has 0 radical (unpaired) electrons. The van der Waals surface area contributed by atoms with Crippen molar-refractivity contribution < 1.29 is 19.8 Å². The highest BCUT2D eigenvalue weighted by atomic mass is 16.4. The summed E-state index contributed by atoms with van der Waals surface area (Å²) in [7, 11) is 0. The number of hydrogen-bond acceptors (Lipinski definition) is 2. The van der Waals surface area contributed by atoms with E-state index in [-0.39, 0.29) is 5.92 Å². The third-order valence-electron chi connectivity index (χ3n) is 3.45. The molecule has 0 heterocycles. The fourth-order valence-electron chi connectivity index (χ4n) is 1.36. The van der Waals surface area contributed by atoms with Crippen molar-refractivity contribution in [1.29, 1.82) is 0 Å². The fourth-order valence-corrected chi connectivity index (χ4v) is 1.36. The van der Waals surface area contributed by atoms with Gasteiger partial charge in [-0.15, -0.1) is 0 Å². The molecular formula is C10H20N2O4. The van der Waals surface area contributed by atoms with Crippen LogP contribution >= 0.6 is 0 Å². The normalized spacial score (nSPS) is 12.4. The number of nitrogens with one attached hydrogen (secondary N) is 2. The molecule has 0 saturated carbocycles. The predicted molar refractivity (Wildman–Crippen MR) is 59.3 cm³/mol. The zero-order chi connectivity index (χ0) is 13.1. The van der Waals surface area contributed by atoms with Crippen molar-refractivity contribution in [2.24, 2.45) is 11.3 Å². The van der Waals surface area contributed by atoms with E-state index in [1.807, 2.05) is 27.7 Å². The second kappa shape index (κ2) is 4.59. The summed E-state index contributed by atoms with van der Waals surface area (Å²) in [5.74, 6) is 0.0937. The minimum absolute atomic E-state index is 0.0937. The summed E-state index contributed by atoms with van der Waals surface area (Å²) in [5, 5.41) is 22.0. The molecule has 4 N–H and O–H groups in total. The average Bonchev–Trinajstić information content (AvgIpc) is 1.99. The molecule has 0 aromatic rings. The van der Waals surface area contributed by atoms with Crippen molar-refractivity contribution in [3.8, 4) is 0 Å². The molecule has 0 bridgehead atoms. The zero-order valence-corrected chi connectivity index (χ0v) is 10.3. The van der Waals surface area contributed by atoms with Crippen LogP contribution in [0.4, 0.5) is 9.59 Å². The van der Waals surface area contributed by atoms with Crippen molar-refractivity contribution in [1.82, 2.24) is 10.6 Å². The van der Waals surface area contributed by atoms with Gasteiger partial charge in [0.05, 0.1) is 0 Å². The molecule has 6 nitrogen and oxygen atoms in total. The largest absolute Gasteiger partial charge is 0.465 e. The molecule has 0 unspecified atom stereocenters. The fraction of sp³-hybridized carbons (Fsp3) is 0.800. The molecule has 16 heavy (non-hydrogen) atoms. The van der Waals surface area contributed by atoms with Crippen LogP contribution in [-0.4, -0.2) is 28.1 Å². The van der Waals surface area contributed by atoms with Crippen LogP contribution in [0.25, 0.3) is 0 Å². The lowest BCUT2D eigenvalue weighted by Gasteiger charge is -2.46. The minimum Gasteiger partial charge on any atom is -0.465 e. The van der Waals surface area contributed by atoms with Crippen molar-refractivity contribution in [2.45, 2.75) is 40.3 Å². The van der Waals surface area contributed by atoms with Crippen LogP contribution in [0.1, 0.15) is 34.6 Å². The second-order valence-corrected chi connectivity index (χ2v) is 4.86. The minimum atomic E-state index is -1.26. The Kier molecular flexibility index (Phi) is 4.17. The molecule has 0 atom stereocenters. The zero-order valence-electron chi connectivity index (χ0n) is 10.3. The maximum atomic E-state index is 10.7. The Labute approximate surface area is 95.0 Å². The first kappa shape index (κ1) is 14.5. The van der Waals surface area contributed by atoms with Gasteiger partial charge in [-0.2, -0.15) is 0 Å². The van der Waals surface area contributed by atoms with Gasteiger partial charge in [0.25, 0.3) is 0 Å². The van der Waals surface area contributed by atoms with E-state index in [0.717, 1.165) is 0 Å². The molecule has 0 aromatic heterocycles. The highest BCUT2D eigenvalue weighted by molar-refractivity contribution is 5.69. The summed E-state index contributed by atoms with van der Waals surface area (Å²) in [6.07, 6.45) is -2.52. The summed E-state index contributed by atoms with van der Waals surface area (Å²) in [4.78, 5) is 21.4. The van der Waals surface area contributed by atoms with Gasteiger partial charge < -0.3 is 10.2 Å². The van der Waals surface area contributed by atoms with Crippen LogP contribution in [-0.2, 0) is 0 Å². The lowest BCUT2D eigenvalue weighted by molar-refractivity contribution is 0.0515. The van der Waals surface area contributed by atoms with Crippen LogP contribution in [0.15, 0.2) is 0 Å². The molecule has 94 valence electrons. The van der Waals surface area contributed by atoms with Gasteiger partial charge in [-0.25, -0.2) is 9.59 Å². The van der Waals surface area contributed by atoms with Gasteiger partial charge >= 0.3 is 12.2 Å². The average molecular weight is 232 g/mol. The van der Waals surface area contributed by atoms with Crippen molar-refractivity contribution in [3.05, 3.63) is 0 Å². The lowest BCUT2D eigenvalue weighted by Crippen LogP contribution is -2.67.